The average Bonchev–Trinajstić information content (AvgIpc) is 3.34. The predicted molar refractivity (Wildman–Crippen MR) is 106 cm³/mol. The number of aromatic nitrogens is 3. The van der Waals surface area contributed by atoms with Crippen molar-refractivity contribution < 1.29 is 0 Å². The number of amidine groups is 1. The zero-order chi connectivity index (χ0) is 18.1. The Bertz CT molecular complexity index is 885. The van der Waals surface area contributed by atoms with Crippen LogP contribution in [0.1, 0.15) is 38.4 Å². The molecule has 2 heterocycles. The zero-order valence-corrected chi connectivity index (χ0v) is 15.8. The minimum Gasteiger partial charge on any atom is -0.399 e. The fraction of sp³-hybridized carbons (Fsp3) is 0.368. The van der Waals surface area contributed by atoms with E-state index in [-0.39, 0.29) is 0 Å². The van der Waals surface area contributed by atoms with Crippen molar-refractivity contribution in [2.24, 2.45) is 10.9 Å². The van der Waals surface area contributed by atoms with Gasteiger partial charge in [-0.1, -0.05) is 19.9 Å². The minimum atomic E-state index is 0.450. The topological polar surface area (TPSA) is 89.1 Å². The Hall–Kier alpha value is -2.41. The smallest absolute Gasteiger partial charge is 0.232 e. The summed E-state index contributed by atoms with van der Waals surface area (Å²) in [5, 5.41) is 3.94. The third-order valence-corrected chi connectivity index (χ3v) is 5.23. The van der Waals surface area contributed by atoms with Gasteiger partial charge in [-0.2, -0.15) is 9.97 Å². The molecule has 0 unspecified atom stereocenters. The Morgan fingerprint density at radius 2 is 2.04 bits per heavy atom. The number of nitrogens with zero attached hydrogens (tertiary/aromatic N) is 4. The van der Waals surface area contributed by atoms with Crippen molar-refractivity contribution in [1.29, 1.82) is 0 Å². The van der Waals surface area contributed by atoms with Crippen LogP contribution in [0.4, 0.5) is 11.6 Å². The molecule has 0 atom stereocenters. The first-order chi connectivity index (χ1) is 12.6. The highest BCUT2D eigenvalue weighted by Crippen LogP contribution is 2.39. The molecule has 4 rings (SSSR count). The lowest BCUT2D eigenvalue weighted by molar-refractivity contribution is 0.754. The van der Waals surface area contributed by atoms with Crippen LogP contribution in [0.15, 0.2) is 51.0 Å². The van der Waals surface area contributed by atoms with Gasteiger partial charge in [0.1, 0.15) is 11.7 Å². The van der Waals surface area contributed by atoms with E-state index in [2.05, 4.69) is 45.2 Å². The van der Waals surface area contributed by atoms with Crippen molar-refractivity contribution in [3.8, 4) is 0 Å². The Balaban J connectivity index is 1.58. The summed E-state index contributed by atoms with van der Waals surface area (Å²) < 4.78 is 0. The van der Waals surface area contributed by atoms with Crippen LogP contribution in [-0.2, 0) is 0 Å². The van der Waals surface area contributed by atoms with Gasteiger partial charge >= 0.3 is 0 Å². The second kappa shape index (κ2) is 7.07. The lowest BCUT2D eigenvalue weighted by Gasteiger charge is -2.08. The molecule has 2 aromatic rings. The quantitative estimate of drug-likeness (QED) is 0.781. The molecule has 2 aliphatic rings. The van der Waals surface area contributed by atoms with Gasteiger partial charge in [0.15, 0.2) is 5.16 Å². The third kappa shape index (κ3) is 4.04. The van der Waals surface area contributed by atoms with Gasteiger partial charge < -0.3 is 11.1 Å². The number of aliphatic imine (C=N–C) groups is 1. The summed E-state index contributed by atoms with van der Waals surface area (Å²) in [4.78, 5) is 19.4. The second-order valence-electron chi connectivity index (χ2n) is 6.95. The standard InChI is InChI=1S/C19H22N6S/c1-11(2)13-8-16(21-10-13)22-18-23-17(12-6-7-12)24-19(25-18)26-15-5-3-4-14(20)9-15/h3-5,8-9,11-12H,6-7,10,20H2,1-2H3,(H,21,22,23,24,25). The molecule has 1 aromatic carbocycles. The maximum absolute atomic E-state index is 5.88. The first kappa shape index (κ1) is 17.0. The fourth-order valence-electron chi connectivity index (χ4n) is 2.66. The molecule has 0 amide bonds. The fourth-order valence-corrected chi connectivity index (χ4v) is 3.49. The van der Waals surface area contributed by atoms with Crippen LogP contribution in [-0.4, -0.2) is 27.3 Å². The lowest BCUT2D eigenvalue weighted by Crippen LogP contribution is -2.12. The zero-order valence-electron chi connectivity index (χ0n) is 14.9. The molecule has 1 aliphatic heterocycles. The molecule has 1 aliphatic carbocycles. The van der Waals surface area contributed by atoms with Crippen molar-refractivity contribution >= 4 is 29.2 Å². The number of nitrogen functional groups attached to an aromatic ring is 1. The van der Waals surface area contributed by atoms with E-state index < -0.39 is 0 Å². The van der Waals surface area contributed by atoms with E-state index in [4.69, 9.17) is 5.73 Å². The minimum absolute atomic E-state index is 0.450. The van der Waals surface area contributed by atoms with E-state index in [9.17, 15) is 0 Å². The van der Waals surface area contributed by atoms with E-state index in [0.29, 0.717) is 22.9 Å². The average molecular weight is 366 g/mol. The number of hydrogen-bond acceptors (Lipinski definition) is 7. The highest BCUT2D eigenvalue weighted by atomic mass is 32.2. The van der Waals surface area contributed by atoms with Crippen LogP contribution in [0.2, 0.25) is 0 Å². The summed E-state index contributed by atoms with van der Waals surface area (Å²) in [6, 6.07) is 7.74. The molecule has 0 radical (unpaired) electrons. The largest absolute Gasteiger partial charge is 0.399 e. The van der Waals surface area contributed by atoms with Crippen LogP contribution in [0.25, 0.3) is 0 Å². The number of nitrogens with one attached hydrogen (secondary N) is 1. The molecule has 0 bridgehead atoms. The van der Waals surface area contributed by atoms with Crippen molar-refractivity contribution in [2.45, 2.75) is 42.7 Å². The molecular formula is C19H22N6S. The van der Waals surface area contributed by atoms with Crippen LogP contribution >= 0.6 is 11.8 Å². The summed E-state index contributed by atoms with van der Waals surface area (Å²) in [5.74, 6) is 3.19. The highest BCUT2D eigenvalue weighted by Gasteiger charge is 2.28. The number of hydrogen-bond donors (Lipinski definition) is 2. The molecule has 1 saturated carbocycles. The Morgan fingerprint density at radius 3 is 2.73 bits per heavy atom. The Morgan fingerprint density at radius 1 is 1.19 bits per heavy atom. The van der Waals surface area contributed by atoms with E-state index in [1.165, 1.54) is 17.3 Å². The molecular weight excluding hydrogens is 344 g/mol. The third-order valence-electron chi connectivity index (χ3n) is 4.38. The number of benzene rings is 1. The van der Waals surface area contributed by atoms with Gasteiger partial charge in [-0.05, 0) is 60.4 Å². The second-order valence-corrected chi connectivity index (χ2v) is 7.99. The summed E-state index contributed by atoms with van der Waals surface area (Å²) in [5.41, 5.74) is 7.93. The Labute approximate surface area is 157 Å². The van der Waals surface area contributed by atoms with Gasteiger partial charge in [-0.3, -0.25) is 4.99 Å². The van der Waals surface area contributed by atoms with Crippen molar-refractivity contribution in [2.75, 3.05) is 17.6 Å². The van der Waals surface area contributed by atoms with Crippen molar-refractivity contribution in [1.82, 2.24) is 15.0 Å². The van der Waals surface area contributed by atoms with Crippen molar-refractivity contribution in [3.63, 3.8) is 0 Å². The van der Waals surface area contributed by atoms with Crippen LogP contribution in [0.3, 0.4) is 0 Å². The monoisotopic (exact) mass is 366 g/mol. The van der Waals surface area contributed by atoms with Gasteiger partial charge in [0.05, 0.1) is 6.54 Å². The number of rotatable bonds is 5. The van der Waals surface area contributed by atoms with Crippen LogP contribution < -0.4 is 11.1 Å². The SMILES string of the molecule is CC(C)C1=CC(Nc2nc(Sc3cccc(N)c3)nc(C3CC3)n2)=NC1. The first-order valence-electron chi connectivity index (χ1n) is 8.88. The lowest BCUT2D eigenvalue weighted by atomic mass is 10.0. The van der Waals surface area contributed by atoms with E-state index in [0.717, 1.165) is 41.6 Å². The maximum atomic E-state index is 5.88. The first-order valence-corrected chi connectivity index (χ1v) is 9.70. The summed E-state index contributed by atoms with van der Waals surface area (Å²) in [6.45, 7) is 5.10. The van der Waals surface area contributed by atoms with E-state index in [1.54, 1.807) is 0 Å². The molecule has 26 heavy (non-hydrogen) atoms. The Kier molecular flexibility index (Phi) is 4.63. The predicted octanol–water partition coefficient (Wildman–Crippen LogP) is 3.89. The van der Waals surface area contributed by atoms with E-state index >= 15 is 0 Å². The van der Waals surface area contributed by atoms with Gasteiger partial charge in [0, 0.05) is 16.5 Å². The van der Waals surface area contributed by atoms with Gasteiger partial charge in [-0.25, -0.2) is 4.98 Å². The molecule has 0 spiro atoms. The molecule has 7 heteroatoms. The number of anilines is 2. The van der Waals surface area contributed by atoms with Crippen LogP contribution in [0.5, 0.6) is 0 Å². The molecule has 6 nitrogen and oxygen atoms in total. The summed E-state index contributed by atoms with van der Waals surface area (Å²) in [6.07, 6.45) is 4.38. The summed E-state index contributed by atoms with van der Waals surface area (Å²) in [7, 11) is 0. The molecule has 1 aromatic heterocycles. The molecule has 0 saturated heterocycles. The van der Waals surface area contributed by atoms with E-state index in [1.807, 2.05) is 24.3 Å². The number of nitrogens with two attached hydrogens (primary N) is 1. The van der Waals surface area contributed by atoms with Gasteiger partial charge in [0.25, 0.3) is 0 Å². The van der Waals surface area contributed by atoms with Gasteiger partial charge in [0.2, 0.25) is 5.95 Å². The van der Waals surface area contributed by atoms with Gasteiger partial charge in [-0.15, -0.1) is 0 Å². The molecule has 134 valence electrons. The molecule has 1 fully saturated rings. The maximum Gasteiger partial charge on any atom is 0.232 e. The summed E-state index contributed by atoms with van der Waals surface area (Å²) >= 11 is 1.50. The highest BCUT2D eigenvalue weighted by molar-refractivity contribution is 7.99. The van der Waals surface area contributed by atoms with Crippen LogP contribution in [0, 0.1) is 5.92 Å². The normalized spacial score (nSPS) is 16.6. The van der Waals surface area contributed by atoms with Crippen molar-refractivity contribution in [3.05, 3.63) is 41.7 Å². The molecule has 3 N–H and O–H groups in total.